The predicted octanol–water partition coefficient (Wildman–Crippen LogP) is 5.06. The molecule has 11 atom stereocenters. The molecule has 4 bridgehead atoms. The molecule has 6 rings (SSSR count). The molecule has 14 heteroatoms. The van der Waals surface area contributed by atoms with Crippen LogP contribution in [0.1, 0.15) is 106 Å². The zero-order valence-corrected chi connectivity index (χ0v) is 35.4. The van der Waals surface area contributed by atoms with Crippen LogP contribution in [0.5, 0.6) is 0 Å². The van der Waals surface area contributed by atoms with E-state index in [-0.39, 0.29) is 58.2 Å². The zero-order chi connectivity index (χ0) is 43.1. The monoisotopic (exact) mass is 823 g/mol. The van der Waals surface area contributed by atoms with Gasteiger partial charge < -0.3 is 49.1 Å². The second-order valence-electron chi connectivity index (χ2n) is 18.6. The van der Waals surface area contributed by atoms with Crippen LogP contribution in [0.15, 0.2) is 65.3 Å². The van der Waals surface area contributed by atoms with E-state index >= 15 is 0 Å². The third-order valence-corrected chi connectivity index (χ3v) is 12.6. The smallest absolute Gasteiger partial charge is 0.408 e. The maximum atomic E-state index is 14.7. The number of hydrogen-bond acceptors (Lipinski definition) is 13. The summed E-state index contributed by atoms with van der Waals surface area (Å²) in [6, 6.07) is 8.02. The van der Waals surface area contributed by atoms with Gasteiger partial charge in [0, 0.05) is 50.4 Å². The minimum Gasteiger partial charge on any atom is -0.458 e. The minimum absolute atomic E-state index is 0.0185. The molecule has 1 aromatic rings. The minimum atomic E-state index is -2.42. The summed E-state index contributed by atoms with van der Waals surface area (Å²) in [4.78, 5) is 54.7. The molecule has 5 aliphatic rings. The molecule has 1 amide bonds. The molecule has 1 spiro atoms. The van der Waals surface area contributed by atoms with Gasteiger partial charge in [0.05, 0.1) is 37.1 Å². The highest BCUT2D eigenvalue weighted by Crippen LogP contribution is 2.62. The van der Waals surface area contributed by atoms with Crippen LogP contribution in [0.3, 0.4) is 0 Å². The van der Waals surface area contributed by atoms with Gasteiger partial charge >= 0.3 is 24.0 Å². The Morgan fingerprint density at radius 2 is 1.78 bits per heavy atom. The zero-order valence-electron chi connectivity index (χ0n) is 35.4. The molecular weight excluding hydrogens is 762 g/mol. The Kier molecular flexibility index (Phi) is 12.6. The summed E-state index contributed by atoms with van der Waals surface area (Å²) in [5.74, 6) is -3.16. The molecule has 59 heavy (non-hydrogen) atoms. The van der Waals surface area contributed by atoms with Crippen LogP contribution in [-0.2, 0) is 49.4 Å². The van der Waals surface area contributed by atoms with Gasteiger partial charge in [-0.25, -0.2) is 9.59 Å². The van der Waals surface area contributed by atoms with Crippen molar-refractivity contribution < 1.29 is 62.9 Å². The van der Waals surface area contributed by atoms with Gasteiger partial charge in [0.2, 0.25) is 0 Å². The predicted molar refractivity (Wildman–Crippen MR) is 213 cm³/mol. The van der Waals surface area contributed by atoms with Gasteiger partial charge in [0.15, 0.2) is 11.2 Å². The average Bonchev–Trinajstić information content (AvgIpc) is 3.12. The fourth-order valence-corrected chi connectivity index (χ4v) is 9.76. The molecule has 0 unspecified atom stereocenters. The summed E-state index contributed by atoms with van der Waals surface area (Å²) in [5.41, 5.74) is -5.27. The quantitative estimate of drug-likeness (QED) is 0.162. The molecule has 4 N–H and O–H groups in total. The van der Waals surface area contributed by atoms with Crippen molar-refractivity contribution in [2.24, 2.45) is 11.3 Å². The Hall–Kier alpha value is -4.08. The van der Waals surface area contributed by atoms with Crippen LogP contribution in [0.25, 0.3) is 0 Å². The summed E-state index contributed by atoms with van der Waals surface area (Å²) in [5, 5.41) is 40.6. The van der Waals surface area contributed by atoms with E-state index in [1.807, 2.05) is 37.3 Å². The first-order chi connectivity index (χ1) is 27.6. The summed E-state index contributed by atoms with van der Waals surface area (Å²) in [6.07, 6.45) is -1.68. The fraction of sp³-hybridized carbons (Fsp3) is 0.644. The topological polar surface area (TPSA) is 196 Å². The Morgan fingerprint density at radius 1 is 1.07 bits per heavy atom. The third-order valence-electron chi connectivity index (χ3n) is 12.6. The highest BCUT2D eigenvalue weighted by Gasteiger charge is 2.73. The number of ether oxygens (including phenoxy) is 6. The van der Waals surface area contributed by atoms with E-state index in [2.05, 4.69) is 5.32 Å². The van der Waals surface area contributed by atoms with Crippen LogP contribution < -0.4 is 5.32 Å². The van der Waals surface area contributed by atoms with Gasteiger partial charge in [-0.2, -0.15) is 0 Å². The number of rotatable bonds is 7. The number of esters is 3. The van der Waals surface area contributed by atoms with Gasteiger partial charge in [-0.15, -0.1) is 0 Å². The lowest BCUT2D eigenvalue weighted by molar-refractivity contribution is -0.354. The average molecular weight is 824 g/mol. The lowest BCUT2D eigenvalue weighted by Gasteiger charge is -2.66. The van der Waals surface area contributed by atoms with Gasteiger partial charge in [-0.1, -0.05) is 61.1 Å². The summed E-state index contributed by atoms with van der Waals surface area (Å²) >= 11 is 0. The van der Waals surface area contributed by atoms with E-state index in [0.717, 1.165) is 5.56 Å². The molecule has 2 aliphatic heterocycles. The second-order valence-corrected chi connectivity index (χ2v) is 18.6. The molecule has 2 heterocycles. The first-order valence-electron chi connectivity index (χ1n) is 20.6. The number of carbonyl (C=O) groups is 4. The number of aliphatic hydroxyl groups excluding tert-OH is 1. The van der Waals surface area contributed by atoms with Gasteiger partial charge in [0.25, 0.3) is 0 Å². The maximum absolute atomic E-state index is 14.7. The highest BCUT2D eigenvalue weighted by atomic mass is 16.6. The highest BCUT2D eigenvalue weighted by molar-refractivity contribution is 5.83. The van der Waals surface area contributed by atoms with E-state index in [1.165, 1.54) is 13.0 Å². The molecule has 1 aromatic carbocycles. The number of hydrogen-bond donors (Lipinski definition) is 4. The molecular formula is C45H61NO13. The van der Waals surface area contributed by atoms with Crippen molar-refractivity contribution in [2.75, 3.05) is 6.61 Å². The van der Waals surface area contributed by atoms with Crippen LogP contribution in [0.2, 0.25) is 0 Å². The van der Waals surface area contributed by atoms with Crippen LogP contribution in [0.4, 0.5) is 4.79 Å². The van der Waals surface area contributed by atoms with Gasteiger partial charge in [-0.05, 0) is 71.1 Å². The molecule has 324 valence electrons. The van der Waals surface area contributed by atoms with Crippen molar-refractivity contribution in [3.8, 4) is 0 Å². The number of carbonyl (C=O) groups excluding carboxylic acids is 4. The van der Waals surface area contributed by atoms with E-state index in [9.17, 15) is 34.5 Å². The van der Waals surface area contributed by atoms with E-state index in [4.69, 9.17) is 28.4 Å². The first-order valence-corrected chi connectivity index (χ1v) is 20.6. The van der Waals surface area contributed by atoms with Gasteiger partial charge in [-0.3, -0.25) is 9.59 Å². The lowest BCUT2D eigenvalue weighted by atomic mass is 9.48. The molecule has 3 aliphatic carbocycles. The maximum Gasteiger partial charge on any atom is 0.408 e. The molecule has 0 aromatic heterocycles. The number of amides is 1. The Balaban J connectivity index is 1.54. The number of alkyl carbamates (subject to hydrolysis) is 1. The van der Waals surface area contributed by atoms with Crippen LogP contribution in [0, 0.1) is 11.3 Å². The largest absolute Gasteiger partial charge is 0.458 e. The van der Waals surface area contributed by atoms with E-state index in [1.54, 1.807) is 53.7 Å². The number of fused-ring (bicyclic) bond motifs is 2. The van der Waals surface area contributed by atoms with E-state index in [0.29, 0.717) is 16.7 Å². The van der Waals surface area contributed by atoms with Crippen molar-refractivity contribution in [3.63, 3.8) is 0 Å². The van der Waals surface area contributed by atoms with Crippen LogP contribution >= 0.6 is 0 Å². The summed E-state index contributed by atoms with van der Waals surface area (Å²) < 4.78 is 37.3. The second kappa shape index (κ2) is 16.8. The van der Waals surface area contributed by atoms with Gasteiger partial charge in [0.1, 0.15) is 23.9 Å². The SMILES string of the molecule is CC(=O)O[C@H]1C[C@]2(C)[C@@H](O)C[C@H]3OC[C@]34OC(=O)CC/C=C\C[C@@](O)([C@H](C=C(C)C)NC(=O)OC(C)(C)C)C(=O)O[C@H]3C[C@](O)(CC1=C3C)[C@@H](OCc1ccccc1)[C@@H]24. The van der Waals surface area contributed by atoms with Crippen molar-refractivity contribution in [2.45, 2.75) is 166 Å². The van der Waals surface area contributed by atoms with Crippen molar-refractivity contribution in [3.05, 3.63) is 70.8 Å². The van der Waals surface area contributed by atoms with E-state index < -0.39 is 94.3 Å². The van der Waals surface area contributed by atoms with Crippen molar-refractivity contribution in [1.82, 2.24) is 5.32 Å². The Morgan fingerprint density at radius 3 is 2.41 bits per heavy atom. The van der Waals surface area contributed by atoms with Crippen molar-refractivity contribution >= 4 is 24.0 Å². The van der Waals surface area contributed by atoms with Crippen LogP contribution in [-0.4, -0.2) is 105 Å². The molecule has 0 radical (unpaired) electrons. The number of benzene rings is 1. The lowest BCUT2D eigenvalue weighted by Crippen LogP contribution is -2.78. The normalized spacial score (nSPS) is 37.0. The fourth-order valence-electron chi connectivity index (χ4n) is 9.76. The number of nitrogens with one attached hydrogen (secondary N) is 1. The molecule has 3 fully saturated rings. The first kappa shape index (κ1) is 44.5. The Bertz CT molecular complexity index is 1870. The molecule has 14 nitrogen and oxygen atoms in total. The summed E-state index contributed by atoms with van der Waals surface area (Å²) in [7, 11) is 0. The molecule has 2 saturated carbocycles. The summed E-state index contributed by atoms with van der Waals surface area (Å²) in [6.45, 7) is 13.4. The standard InChI is InChI=1S/C45H61NO13/c1-26(2)19-33(46-40(51)59-41(5,6)7)44(53)18-14-10-13-17-36(49)58-45-25-55-35(45)20-34(48)42(8)22-32(56-28(4)47)30-21-43(52,23-31(27(30)3)57-39(44)50)38(37(42)45)54-24-29-15-11-9-12-16-29/h9-12,14-16,19,31-35,37-38,48,52-53H,13,17-18,20-25H2,1-8H3,(H,46,51)/b14-10-/t31-,32-,33-,34-,35+,37-,38-,42+,43+,44+,45-/m0/s1. The van der Waals surface area contributed by atoms with Crippen molar-refractivity contribution in [1.29, 1.82) is 0 Å². The number of allylic oxidation sites excluding steroid dienone is 2. The third kappa shape index (κ3) is 9.02. The number of aliphatic hydroxyl groups is 3. The molecule has 1 saturated heterocycles. The Labute approximate surface area is 346 Å².